The van der Waals surface area contributed by atoms with E-state index in [9.17, 15) is 4.79 Å². The molecule has 2 aromatic rings. The van der Waals surface area contributed by atoms with Gasteiger partial charge in [-0.15, -0.1) is 0 Å². The number of pyridine rings is 1. The number of anilines is 2. The first-order valence-electron chi connectivity index (χ1n) is 7.01. The Balaban J connectivity index is 1.83. The van der Waals surface area contributed by atoms with Crippen LogP contribution in [0, 0.1) is 0 Å². The van der Waals surface area contributed by atoms with Crippen molar-refractivity contribution in [3.8, 4) is 0 Å². The third-order valence-electron chi connectivity index (χ3n) is 2.97. The molecule has 1 amide bonds. The van der Waals surface area contributed by atoms with Gasteiger partial charge in [0.1, 0.15) is 5.82 Å². The van der Waals surface area contributed by atoms with Crippen molar-refractivity contribution >= 4 is 17.4 Å². The number of hydrogen-bond acceptors (Lipinski definition) is 4. The van der Waals surface area contributed by atoms with Crippen LogP contribution >= 0.6 is 0 Å². The lowest BCUT2D eigenvalue weighted by molar-refractivity contribution is -0.116. The zero-order valence-electron chi connectivity index (χ0n) is 11.9. The van der Waals surface area contributed by atoms with Gasteiger partial charge in [-0.1, -0.05) is 30.3 Å². The fourth-order valence-electron chi connectivity index (χ4n) is 1.85. The van der Waals surface area contributed by atoms with Crippen molar-refractivity contribution in [3.05, 3.63) is 54.2 Å². The van der Waals surface area contributed by atoms with Crippen molar-refractivity contribution < 1.29 is 4.79 Å². The molecule has 0 aliphatic carbocycles. The minimum absolute atomic E-state index is 0.0350. The standard InChI is InChI=1S/C16H20N4O/c17-10-4-7-16(21)20-14-8-9-15(19-12-14)18-11-13-5-2-1-3-6-13/h1-3,5-6,8-9,12H,4,7,10-11,17H2,(H,18,19)(H,20,21). The highest BCUT2D eigenvalue weighted by molar-refractivity contribution is 5.90. The predicted molar refractivity (Wildman–Crippen MR) is 84.9 cm³/mol. The van der Waals surface area contributed by atoms with E-state index in [2.05, 4.69) is 27.8 Å². The molecule has 1 aromatic carbocycles. The largest absolute Gasteiger partial charge is 0.366 e. The minimum atomic E-state index is -0.0350. The fraction of sp³-hybridized carbons (Fsp3) is 0.250. The Morgan fingerprint density at radius 1 is 1.14 bits per heavy atom. The van der Waals surface area contributed by atoms with Crippen molar-refractivity contribution in [2.75, 3.05) is 17.2 Å². The predicted octanol–water partition coefficient (Wildman–Crippen LogP) is 2.37. The summed E-state index contributed by atoms with van der Waals surface area (Å²) in [6, 6.07) is 13.8. The molecular weight excluding hydrogens is 264 g/mol. The molecule has 0 aliphatic rings. The molecule has 110 valence electrons. The first-order valence-corrected chi connectivity index (χ1v) is 7.01. The summed E-state index contributed by atoms with van der Waals surface area (Å²) in [5.74, 6) is 0.742. The molecule has 0 radical (unpaired) electrons. The van der Waals surface area contributed by atoms with Crippen LogP contribution < -0.4 is 16.4 Å². The van der Waals surface area contributed by atoms with E-state index in [4.69, 9.17) is 5.73 Å². The number of carbonyl (C=O) groups excluding carboxylic acids is 1. The van der Waals surface area contributed by atoms with Crippen molar-refractivity contribution in [3.63, 3.8) is 0 Å². The second-order valence-electron chi connectivity index (χ2n) is 4.71. The van der Waals surface area contributed by atoms with E-state index in [1.165, 1.54) is 5.56 Å². The van der Waals surface area contributed by atoms with Gasteiger partial charge in [-0.2, -0.15) is 0 Å². The highest BCUT2D eigenvalue weighted by atomic mass is 16.1. The van der Waals surface area contributed by atoms with Gasteiger partial charge in [-0.05, 0) is 30.7 Å². The average molecular weight is 284 g/mol. The lowest BCUT2D eigenvalue weighted by Gasteiger charge is -2.08. The molecule has 0 saturated carbocycles. The number of rotatable bonds is 7. The number of aromatic nitrogens is 1. The van der Waals surface area contributed by atoms with Gasteiger partial charge < -0.3 is 16.4 Å². The number of carbonyl (C=O) groups is 1. The summed E-state index contributed by atoms with van der Waals surface area (Å²) >= 11 is 0. The van der Waals surface area contributed by atoms with E-state index >= 15 is 0 Å². The van der Waals surface area contributed by atoms with Crippen LogP contribution in [0.3, 0.4) is 0 Å². The molecule has 4 N–H and O–H groups in total. The molecule has 5 nitrogen and oxygen atoms in total. The summed E-state index contributed by atoms with van der Waals surface area (Å²) in [6.45, 7) is 1.24. The summed E-state index contributed by atoms with van der Waals surface area (Å²) < 4.78 is 0. The van der Waals surface area contributed by atoms with Crippen LogP contribution in [0.1, 0.15) is 18.4 Å². The van der Waals surface area contributed by atoms with Crippen LogP contribution in [0.4, 0.5) is 11.5 Å². The Hall–Kier alpha value is -2.40. The molecular formula is C16H20N4O. The van der Waals surface area contributed by atoms with E-state index in [1.807, 2.05) is 30.3 Å². The number of benzene rings is 1. The highest BCUT2D eigenvalue weighted by Gasteiger charge is 2.02. The van der Waals surface area contributed by atoms with Crippen LogP contribution in [0.15, 0.2) is 48.7 Å². The van der Waals surface area contributed by atoms with Crippen molar-refractivity contribution in [1.82, 2.24) is 4.98 Å². The number of amides is 1. The Morgan fingerprint density at radius 2 is 1.95 bits per heavy atom. The number of nitrogens with one attached hydrogen (secondary N) is 2. The van der Waals surface area contributed by atoms with Gasteiger partial charge in [-0.3, -0.25) is 4.79 Å². The lowest BCUT2D eigenvalue weighted by Crippen LogP contribution is -2.13. The normalized spacial score (nSPS) is 10.1. The molecule has 0 aliphatic heterocycles. The van der Waals surface area contributed by atoms with E-state index in [-0.39, 0.29) is 5.91 Å². The Labute approximate surface area is 124 Å². The van der Waals surface area contributed by atoms with Gasteiger partial charge >= 0.3 is 0 Å². The van der Waals surface area contributed by atoms with Gasteiger partial charge in [0, 0.05) is 13.0 Å². The molecule has 1 aromatic heterocycles. The molecule has 2 rings (SSSR count). The molecule has 0 bridgehead atoms. The summed E-state index contributed by atoms with van der Waals surface area (Å²) in [6.07, 6.45) is 2.77. The first kappa shape index (κ1) is 15.0. The van der Waals surface area contributed by atoms with Crippen LogP contribution in [-0.2, 0) is 11.3 Å². The van der Waals surface area contributed by atoms with Crippen LogP contribution in [-0.4, -0.2) is 17.4 Å². The SMILES string of the molecule is NCCCC(=O)Nc1ccc(NCc2ccccc2)nc1. The second-order valence-corrected chi connectivity index (χ2v) is 4.71. The molecule has 0 fully saturated rings. The zero-order chi connectivity index (χ0) is 14.9. The van der Waals surface area contributed by atoms with Crippen molar-refractivity contribution in [1.29, 1.82) is 0 Å². The number of hydrogen-bond donors (Lipinski definition) is 3. The summed E-state index contributed by atoms with van der Waals surface area (Å²) in [5, 5.41) is 6.03. The van der Waals surface area contributed by atoms with Gasteiger partial charge in [0.15, 0.2) is 0 Å². The van der Waals surface area contributed by atoms with Gasteiger partial charge in [-0.25, -0.2) is 4.98 Å². The molecule has 5 heteroatoms. The Kier molecular flexibility index (Phi) is 5.72. The van der Waals surface area contributed by atoms with E-state index in [1.54, 1.807) is 6.20 Å². The third-order valence-corrected chi connectivity index (χ3v) is 2.97. The Bertz CT molecular complexity index is 554. The molecule has 0 unspecified atom stereocenters. The Morgan fingerprint density at radius 3 is 2.62 bits per heavy atom. The van der Waals surface area contributed by atoms with Crippen LogP contribution in [0.2, 0.25) is 0 Å². The van der Waals surface area contributed by atoms with Crippen molar-refractivity contribution in [2.45, 2.75) is 19.4 Å². The molecule has 0 saturated heterocycles. The topological polar surface area (TPSA) is 80.0 Å². The van der Waals surface area contributed by atoms with E-state index in [0.29, 0.717) is 25.1 Å². The lowest BCUT2D eigenvalue weighted by atomic mass is 10.2. The zero-order valence-corrected chi connectivity index (χ0v) is 11.9. The second kappa shape index (κ2) is 8.01. The van der Waals surface area contributed by atoms with Crippen molar-refractivity contribution in [2.24, 2.45) is 5.73 Å². The number of nitrogens with two attached hydrogens (primary N) is 1. The van der Waals surface area contributed by atoms with Gasteiger partial charge in [0.2, 0.25) is 5.91 Å². The molecule has 0 atom stereocenters. The maximum atomic E-state index is 11.6. The van der Waals surface area contributed by atoms with Gasteiger partial charge in [0.25, 0.3) is 0 Å². The monoisotopic (exact) mass is 284 g/mol. The summed E-state index contributed by atoms with van der Waals surface area (Å²) in [4.78, 5) is 15.8. The minimum Gasteiger partial charge on any atom is -0.366 e. The summed E-state index contributed by atoms with van der Waals surface area (Å²) in [5.41, 5.74) is 7.26. The maximum Gasteiger partial charge on any atom is 0.224 e. The van der Waals surface area contributed by atoms with E-state index in [0.717, 1.165) is 12.4 Å². The van der Waals surface area contributed by atoms with Crippen LogP contribution in [0.25, 0.3) is 0 Å². The van der Waals surface area contributed by atoms with Crippen LogP contribution in [0.5, 0.6) is 0 Å². The highest BCUT2D eigenvalue weighted by Crippen LogP contribution is 2.11. The fourth-order valence-corrected chi connectivity index (χ4v) is 1.85. The quantitative estimate of drug-likeness (QED) is 0.729. The smallest absolute Gasteiger partial charge is 0.224 e. The molecule has 21 heavy (non-hydrogen) atoms. The summed E-state index contributed by atoms with van der Waals surface area (Å²) in [7, 11) is 0. The van der Waals surface area contributed by atoms with E-state index < -0.39 is 0 Å². The average Bonchev–Trinajstić information content (AvgIpc) is 2.53. The molecule has 1 heterocycles. The third kappa shape index (κ3) is 5.24. The molecule has 0 spiro atoms. The van der Waals surface area contributed by atoms with Gasteiger partial charge in [0.05, 0.1) is 11.9 Å². The first-order chi connectivity index (χ1) is 10.3. The maximum absolute atomic E-state index is 11.6. The number of nitrogens with zero attached hydrogens (tertiary/aromatic N) is 1.